The Bertz CT molecular complexity index is 617. The van der Waals surface area contributed by atoms with Crippen LogP contribution in [0.3, 0.4) is 0 Å². The number of nitrogens with zero attached hydrogens (tertiary/aromatic N) is 1. The zero-order valence-corrected chi connectivity index (χ0v) is 14.0. The first-order valence-electron chi connectivity index (χ1n) is 8.85. The zero-order valence-electron chi connectivity index (χ0n) is 14.0. The molecule has 4 rings (SSSR count). The fourth-order valence-corrected chi connectivity index (χ4v) is 5.05. The number of ether oxygens (including phenoxy) is 1. The zero-order chi connectivity index (χ0) is 16.0. The number of hydrogen-bond acceptors (Lipinski definition) is 3. The highest BCUT2D eigenvalue weighted by Crippen LogP contribution is 2.54. The largest absolute Gasteiger partial charge is 0.370 e. The summed E-state index contributed by atoms with van der Waals surface area (Å²) in [5.41, 5.74) is 2.01. The van der Waals surface area contributed by atoms with Crippen molar-refractivity contribution in [3.8, 4) is 0 Å². The van der Waals surface area contributed by atoms with Crippen LogP contribution >= 0.6 is 0 Å². The molecule has 3 saturated heterocycles. The lowest BCUT2D eigenvalue weighted by atomic mass is 9.73. The van der Waals surface area contributed by atoms with Gasteiger partial charge in [-0.25, -0.2) is 0 Å². The number of rotatable bonds is 4. The average Bonchev–Trinajstić information content (AvgIpc) is 3.19. The molecule has 0 aromatic heterocycles. The molecule has 124 valence electrons. The van der Waals surface area contributed by atoms with E-state index in [4.69, 9.17) is 4.74 Å². The molecule has 0 aliphatic carbocycles. The van der Waals surface area contributed by atoms with Gasteiger partial charge in [-0.05, 0) is 37.9 Å². The van der Waals surface area contributed by atoms with E-state index in [1.54, 1.807) is 0 Å². The van der Waals surface area contributed by atoms with Gasteiger partial charge in [0.25, 0.3) is 5.91 Å². The highest BCUT2D eigenvalue weighted by Gasteiger charge is 2.62. The van der Waals surface area contributed by atoms with Crippen LogP contribution in [0, 0.1) is 11.8 Å². The Morgan fingerprint density at radius 1 is 1.43 bits per heavy atom. The molecule has 4 atom stereocenters. The topological polar surface area (TPSA) is 41.6 Å². The number of likely N-dealkylation sites (N-methyl/N-ethyl adjacent to an activating group) is 1. The molecule has 2 bridgehead atoms. The lowest BCUT2D eigenvalue weighted by molar-refractivity contribution is 0.00472. The number of nitrogens with one attached hydrogen (secondary N) is 1. The normalized spacial score (nSPS) is 35.5. The van der Waals surface area contributed by atoms with Crippen LogP contribution in [-0.2, 0) is 11.2 Å². The molecular formula is C19H26N2O2. The summed E-state index contributed by atoms with van der Waals surface area (Å²) in [5, 5.41) is 3.19. The molecule has 1 spiro atoms. The van der Waals surface area contributed by atoms with E-state index in [9.17, 15) is 4.79 Å². The van der Waals surface area contributed by atoms with Crippen molar-refractivity contribution in [3.63, 3.8) is 0 Å². The van der Waals surface area contributed by atoms with Crippen LogP contribution in [0.2, 0.25) is 0 Å². The first-order chi connectivity index (χ1) is 11.1. The number of carbonyl (C=O) groups is 1. The minimum atomic E-state index is 0.0608. The summed E-state index contributed by atoms with van der Waals surface area (Å²) in [7, 11) is 2.18. The molecule has 0 radical (unpaired) electrons. The van der Waals surface area contributed by atoms with Crippen molar-refractivity contribution in [2.75, 3.05) is 26.7 Å². The monoisotopic (exact) mass is 314 g/mol. The van der Waals surface area contributed by atoms with E-state index in [-0.39, 0.29) is 11.5 Å². The first-order valence-corrected chi connectivity index (χ1v) is 8.85. The molecular weight excluding hydrogens is 288 g/mol. The molecule has 0 unspecified atom stereocenters. The van der Waals surface area contributed by atoms with Crippen LogP contribution in [0.25, 0.3) is 0 Å². The van der Waals surface area contributed by atoms with Crippen molar-refractivity contribution < 1.29 is 9.53 Å². The second-order valence-corrected chi connectivity index (χ2v) is 7.45. The third-order valence-electron chi connectivity index (χ3n) is 6.10. The van der Waals surface area contributed by atoms with Crippen molar-refractivity contribution in [2.45, 2.75) is 37.9 Å². The number of carbonyl (C=O) groups excluding carboxylic acids is 1. The molecule has 4 heteroatoms. The van der Waals surface area contributed by atoms with Crippen LogP contribution < -0.4 is 5.32 Å². The van der Waals surface area contributed by atoms with Gasteiger partial charge in [0, 0.05) is 37.0 Å². The molecule has 3 fully saturated rings. The average molecular weight is 314 g/mol. The van der Waals surface area contributed by atoms with Gasteiger partial charge in [-0.15, -0.1) is 0 Å². The smallest absolute Gasteiger partial charge is 0.251 e. The summed E-state index contributed by atoms with van der Waals surface area (Å²) in [6.45, 7) is 4.98. The molecule has 1 amide bonds. The number of amides is 1. The Morgan fingerprint density at radius 3 is 3.09 bits per heavy atom. The first kappa shape index (κ1) is 15.2. The van der Waals surface area contributed by atoms with Crippen LogP contribution in [0.15, 0.2) is 24.3 Å². The maximum absolute atomic E-state index is 12.6. The van der Waals surface area contributed by atoms with Gasteiger partial charge in [0.1, 0.15) is 0 Å². The second kappa shape index (κ2) is 5.60. The SMILES string of the molecule is CCc1ccccc1C(=O)NC[C@H]1[C@H]2CN(C)C[C@]23CC[C@H]1O3. The molecule has 23 heavy (non-hydrogen) atoms. The predicted octanol–water partition coefficient (Wildman–Crippen LogP) is 2.09. The molecule has 0 saturated carbocycles. The van der Waals surface area contributed by atoms with Gasteiger partial charge < -0.3 is 15.0 Å². The number of benzene rings is 1. The molecule has 1 aromatic carbocycles. The van der Waals surface area contributed by atoms with Gasteiger partial charge in [-0.1, -0.05) is 25.1 Å². The Balaban J connectivity index is 1.44. The van der Waals surface area contributed by atoms with Gasteiger partial charge >= 0.3 is 0 Å². The summed E-state index contributed by atoms with van der Waals surface area (Å²) in [4.78, 5) is 15.0. The maximum atomic E-state index is 12.6. The van der Waals surface area contributed by atoms with E-state index in [1.165, 1.54) is 6.42 Å². The van der Waals surface area contributed by atoms with Crippen LogP contribution in [0.4, 0.5) is 0 Å². The molecule has 1 aromatic rings. The summed E-state index contributed by atoms with van der Waals surface area (Å²) in [5.74, 6) is 1.10. The molecule has 3 heterocycles. The summed E-state index contributed by atoms with van der Waals surface area (Å²) in [6, 6.07) is 7.90. The van der Waals surface area contributed by atoms with Crippen molar-refractivity contribution in [1.29, 1.82) is 0 Å². The van der Waals surface area contributed by atoms with E-state index < -0.39 is 0 Å². The van der Waals surface area contributed by atoms with Gasteiger partial charge in [0.2, 0.25) is 0 Å². The van der Waals surface area contributed by atoms with Gasteiger partial charge in [-0.3, -0.25) is 4.79 Å². The van der Waals surface area contributed by atoms with Gasteiger partial charge in [-0.2, -0.15) is 0 Å². The molecule has 1 N–H and O–H groups in total. The Labute approximate surface area is 138 Å². The van der Waals surface area contributed by atoms with Gasteiger partial charge in [0.05, 0.1) is 11.7 Å². The number of fused-ring (bicyclic) bond motifs is 1. The summed E-state index contributed by atoms with van der Waals surface area (Å²) in [6.07, 6.45) is 3.57. The van der Waals surface area contributed by atoms with Crippen LogP contribution in [0.5, 0.6) is 0 Å². The lowest BCUT2D eigenvalue weighted by Crippen LogP contribution is -2.42. The number of likely N-dealkylation sites (tertiary alicyclic amines) is 1. The van der Waals surface area contributed by atoms with E-state index >= 15 is 0 Å². The third-order valence-corrected chi connectivity index (χ3v) is 6.10. The standard InChI is InChI=1S/C19H26N2O2/c1-3-13-6-4-5-7-14(13)18(22)20-10-15-16-11-21(2)12-19(16)9-8-17(15)23-19/h4-7,15-17H,3,8-12H2,1-2H3,(H,20,22)/t15-,16+,17+,19+/m0/s1. The highest BCUT2D eigenvalue weighted by atomic mass is 16.5. The predicted molar refractivity (Wildman–Crippen MR) is 89.5 cm³/mol. The van der Waals surface area contributed by atoms with Crippen molar-refractivity contribution in [2.24, 2.45) is 11.8 Å². The fraction of sp³-hybridized carbons (Fsp3) is 0.632. The summed E-state index contributed by atoms with van der Waals surface area (Å²) >= 11 is 0. The Kier molecular flexibility index (Phi) is 3.69. The Hall–Kier alpha value is -1.39. The second-order valence-electron chi connectivity index (χ2n) is 7.45. The van der Waals surface area contributed by atoms with Gasteiger partial charge in [0.15, 0.2) is 0 Å². The fourth-order valence-electron chi connectivity index (χ4n) is 5.05. The minimum Gasteiger partial charge on any atom is -0.370 e. The molecule has 4 nitrogen and oxygen atoms in total. The third kappa shape index (κ3) is 2.39. The highest BCUT2D eigenvalue weighted by molar-refractivity contribution is 5.95. The van der Waals surface area contributed by atoms with E-state index in [2.05, 4.69) is 24.2 Å². The maximum Gasteiger partial charge on any atom is 0.251 e. The van der Waals surface area contributed by atoms with E-state index in [0.29, 0.717) is 17.9 Å². The van der Waals surface area contributed by atoms with E-state index in [0.717, 1.165) is 43.6 Å². The van der Waals surface area contributed by atoms with Crippen molar-refractivity contribution in [1.82, 2.24) is 10.2 Å². The molecule has 3 aliphatic rings. The van der Waals surface area contributed by atoms with E-state index in [1.807, 2.05) is 24.3 Å². The van der Waals surface area contributed by atoms with Crippen molar-refractivity contribution >= 4 is 5.91 Å². The summed E-state index contributed by atoms with van der Waals surface area (Å²) < 4.78 is 6.36. The minimum absolute atomic E-state index is 0.0608. The van der Waals surface area contributed by atoms with Crippen LogP contribution in [0.1, 0.15) is 35.7 Å². The molecule has 3 aliphatic heterocycles. The number of hydrogen-bond donors (Lipinski definition) is 1. The van der Waals surface area contributed by atoms with Crippen LogP contribution in [-0.4, -0.2) is 49.2 Å². The Morgan fingerprint density at radius 2 is 2.26 bits per heavy atom. The van der Waals surface area contributed by atoms with Crippen molar-refractivity contribution in [3.05, 3.63) is 35.4 Å². The number of aryl methyl sites for hydroxylation is 1. The lowest BCUT2D eigenvalue weighted by Gasteiger charge is -2.29. The quantitative estimate of drug-likeness (QED) is 0.925.